The molecule has 0 unspecified atom stereocenters. The molecule has 1 N–H and O–H groups in total. The largest absolute Gasteiger partial charge is 0.350 e. The van der Waals surface area contributed by atoms with Crippen LogP contribution in [-0.2, 0) is 16.4 Å². The van der Waals surface area contributed by atoms with Gasteiger partial charge in [-0.05, 0) is 55.3 Å². The van der Waals surface area contributed by atoms with Crippen molar-refractivity contribution in [2.75, 3.05) is 6.54 Å². The Kier molecular flexibility index (Phi) is 5.37. The highest BCUT2D eigenvalue weighted by Gasteiger charge is 2.19. The molecule has 0 aliphatic heterocycles. The van der Waals surface area contributed by atoms with Gasteiger partial charge in [-0.15, -0.1) is 0 Å². The first-order chi connectivity index (χ1) is 14.4. The number of aromatic nitrogens is 2. The maximum Gasteiger partial charge on any atom is 0.269 e. The van der Waals surface area contributed by atoms with Crippen LogP contribution >= 0.6 is 0 Å². The molecular formula is C23H21N3O3S. The molecule has 0 aliphatic carbocycles. The van der Waals surface area contributed by atoms with Crippen LogP contribution < -0.4 is 5.32 Å². The Morgan fingerprint density at radius 3 is 2.57 bits per heavy atom. The summed E-state index contributed by atoms with van der Waals surface area (Å²) in [5.74, 6) is -0.234. The summed E-state index contributed by atoms with van der Waals surface area (Å²) in [5.41, 5.74) is 2.92. The number of hydrogen-bond acceptors (Lipinski definition) is 4. The van der Waals surface area contributed by atoms with E-state index in [1.807, 2.05) is 25.1 Å². The van der Waals surface area contributed by atoms with Crippen molar-refractivity contribution in [2.24, 2.45) is 0 Å². The summed E-state index contributed by atoms with van der Waals surface area (Å²) in [4.78, 5) is 16.4. The van der Waals surface area contributed by atoms with Crippen molar-refractivity contribution in [3.63, 3.8) is 0 Å². The van der Waals surface area contributed by atoms with Gasteiger partial charge in [0.05, 0.1) is 10.4 Å². The predicted molar refractivity (Wildman–Crippen MR) is 116 cm³/mol. The molecule has 0 bridgehead atoms. The van der Waals surface area contributed by atoms with Crippen LogP contribution in [0.4, 0.5) is 0 Å². The van der Waals surface area contributed by atoms with E-state index >= 15 is 0 Å². The summed E-state index contributed by atoms with van der Waals surface area (Å²) < 4.78 is 27.5. The molecule has 2 heterocycles. The monoisotopic (exact) mass is 419 g/mol. The van der Waals surface area contributed by atoms with Gasteiger partial charge in [0, 0.05) is 24.3 Å². The molecule has 0 aliphatic rings. The Labute approximate surface area is 175 Å². The van der Waals surface area contributed by atoms with Crippen molar-refractivity contribution in [1.82, 2.24) is 14.3 Å². The highest BCUT2D eigenvalue weighted by molar-refractivity contribution is 7.90. The van der Waals surface area contributed by atoms with Gasteiger partial charge in [0.25, 0.3) is 15.9 Å². The topological polar surface area (TPSA) is 81.1 Å². The molecule has 0 spiro atoms. The number of benzene rings is 2. The third-order valence-corrected chi connectivity index (χ3v) is 6.60. The molecule has 4 aromatic rings. The maximum atomic E-state index is 13.1. The van der Waals surface area contributed by atoms with E-state index in [1.165, 1.54) is 3.97 Å². The molecular weight excluding hydrogens is 398 g/mol. The Bertz CT molecular complexity index is 1290. The van der Waals surface area contributed by atoms with Crippen LogP contribution in [0.3, 0.4) is 0 Å². The van der Waals surface area contributed by atoms with Gasteiger partial charge in [-0.3, -0.25) is 9.78 Å². The van der Waals surface area contributed by atoms with Crippen LogP contribution in [0.5, 0.6) is 0 Å². The van der Waals surface area contributed by atoms with Gasteiger partial charge in [-0.2, -0.15) is 0 Å². The minimum atomic E-state index is -3.69. The van der Waals surface area contributed by atoms with E-state index in [0.29, 0.717) is 24.2 Å². The fourth-order valence-corrected chi connectivity index (χ4v) is 4.59. The molecule has 4 rings (SSSR count). The van der Waals surface area contributed by atoms with Gasteiger partial charge in [0.1, 0.15) is 5.69 Å². The van der Waals surface area contributed by atoms with Crippen LogP contribution in [0.2, 0.25) is 0 Å². The number of amides is 1. The van der Waals surface area contributed by atoms with E-state index < -0.39 is 10.0 Å². The first-order valence-electron chi connectivity index (χ1n) is 9.56. The average molecular weight is 420 g/mol. The molecule has 2 aromatic heterocycles. The first-order valence-corrected chi connectivity index (χ1v) is 11.0. The maximum absolute atomic E-state index is 13.1. The van der Waals surface area contributed by atoms with Crippen molar-refractivity contribution in [2.45, 2.75) is 18.2 Å². The summed E-state index contributed by atoms with van der Waals surface area (Å²) in [6.07, 6.45) is 3.72. The number of aryl methyl sites for hydroxylation is 1. The van der Waals surface area contributed by atoms with Crippen molar-refractivity contribution >= 4 is 26.8 Å². The first kappa shape index (κ1) is 19.8. The van der Waals surface area contributed by atoms with Gasteiger partial charge in [0.2, 0.25) is 0 Å². The second-order valence-corrected chi connectivity index (χ2v) is 8.86. The zero-order valence-electron chi connectivity index (χ0n) is 16.4. The Morgan fingerprint density at radius 2 is 1.83 bits per heavy atom. The molecule has 0 saturated heterocycles. The Balaban J connectivity index is 1.54. The van der Waals surface area contributed by atoms with E-state index in [2.05, 4.69) is 10.3 Å². The number of pyridine rings is 1. The molecule has 0 saturated carbocycles. The molecule has 0 fully saturated rings. The van der Waals surface area contributed by atoms with E-state index in [4.69, 9.17) is 0 Å². The van der Waals surface area contributed by atoms with E-state index in [-0.39, 0.29) is 10.8 Å². The number of fused-ring (bicyclic) bond motifs is 1. The lowest BCUT2D eigenvalue weighted by Crippen LogP contribution is -2.26. The minimum absolute atomic E-state index is 0.234. The lowest BCUT2D eigenvalue weighted by atomic mass is 10.1. The van der Waals surface area contributed by atoms with E-state index in [1.54, 1.807) is 60.9 Å². The molecule has 30 heavy (non-hydrogen) atoms. The Morgan fingerprint density at radius 1 is 1.03 bits per heavy atom. The molecule has 0 atom stereocenters. The van der Waals surface area contributed by atoms with Gasteiger partial charge >= 0.3 is 0 Å². The smallest absolute Gasteiger partial charge is 0.269 e. The predicted octanol–water partition coefficient (Wildman–Crippen LogP) is 3.55. The minimum Gasteiger partial charge on any atom is -0.350 e. The summed E-state index contributed by atoms with van der Waals surface area (Å²) in [5, 5.41) is 3.68. The molecule has 6 nitrogen and oxygen atoms in total. The lowest BCUT2D eigenvalue weighted by Gasteiger charge is -2.09. The van der Waals surface area contributed by atoms with Gasteiger partial charge in [-0.25, -0.2) is 12.4 Å². The van der Waals surface area contributed by atoms with Crippen molar-refractivity contribution in [3.05, 3.63) is 95.9 Å². The lowest BCUT2D eigenvalue weighted by molar-refractivity contribution is 0.0949. The van der Waals surface area contributed by atoms with Crippen LogP contribution in [0, 0.1) is 6.92 Å². The zero-order chi connectivity index (χ0) is 21.1. The summed E-state index contributed by atoms with van der Waals surface area (Å²) in [6, 6.07) is 19.5. The number of carbonyl (C=O) groups excluding carboxylic acids is 1. The standard InChI is InChI=1S/C23H21N3O3S/c1-17-5-9-20(10-6-17)30(28,29)26-15-12-19-8-7-18(16-22(19)26)11-14-25-23(27)21-4-2-3-13-24-21/h2-10,12-13,15-16H,11,14H2,1H3,(H,25,27). The van der Waals surface area contributed by atoms with Crippen LogP contribution in [0.1, 0.15) is 21.6 Å². The summed E-state index contributed by atoms with van der Waals surface area (Å²) in [7, 11) is -3.69. The van der Waals surface area contributed by atoms with Crippen LogP contribution in [0.25, 0.3) is 10.9 Å². The molecule has 2 aromatic carbocycles. The highest BCUT2D eigenvalue weighted by Crippen LogP contribution is 2.23. The van der Waals surface area contributed by atoms with Crippen molar-refractivity contribution < 1.29 is 13.2 Å². The second kappa shape index (κ2) is 8.12. The quantitative estimate of drug-likeness (QED) is 0.518. The van der Waals surface area contributed by atoms with Gasteiger partial charge < -0.3 is 5.32 Å². The molecule has 1 amide bonds. The number of rotatable bonds is 6. The van der Waals surface area contributed by atoms with Gasteiger partial charge in [-0.1, -0.05) is 35.9 Å². The number of nitrogens with one attached hydrogen (secondary N) is 1. The SMILES string of the molecule is Cc1ccc(S(=O)(=O)n2ccc3ccc(CCNC(=O)c4ccccn4)cc32)cc1. The number of nitrogens with zero attached hydrogens (tertiary/aromatic N) is 2. The third-order valence-electron chi connectivity index (χ3n) is 4.90. The number of hydrogen-bond donors (Lipinski definition) is 1. The van der Waals surface area contributed by atoms with Crippen LogP contribution in [0.15, 0.2) is 84.0 Å². The zero-order valence-corrected chi connectivity index (χ0v) is 17.3. The van der Waals surface area contributed by atoms with Crippen LogP contribution in [-0.4, -0.2) is 29.8 Å². The van der Waals surface area contributed by atoms with Crippen molar-refractivity contribution in [1.29, 1.82) is 0 Å². The average Bonchev–Trinajstić information content (AvgIpc) is 3.19. The van der Waals surface area contributed by atoms with Crippen molar-refractivity contribution in [3.8, 4) is 0 Å². The molecule has 0 radical (unpaired) electrons. The highest BCUT2D eigenvalue weighted by atomic mass is 32.2. The summed E-state index contributed by atoms with van der Waals surface area (Å²) in [6.45, 7) is 2.34. The fraction of sp³-hybridized carbons (Fsp3) is 0.130. The molecule has 7 heteroatoms. The summed E-state index contributed by atoms with van der Waals surface area (Å²) >= 11 is 0. The fourth-order valence-electron chi connectivity index (χ4n) is 3.25. The normalized spacial score (nSPS) is 11.5. The number of carbonyl (C=O) groups is 1. The third kappa shape index (κ3) is 3.97. The molecule has 152 valence electrons. The van der Waals surface area contributed by atoms with E-state index in [9.17, 15) is 13.2 Å². The van der Waals surface area contributed by atoms with Gasteiger partial charge in [0.15, 0.2) is 0 Å². The van der Waals surface area contributed by atoms with E-state index in [0.717, 1.165) is 16.5 Å². The Hall–Kier alpha value is -3.45. The second-order valence-electron chi connectivity index (χ2n) is 7.04.